The number of nitrogens with one attached hydrogen (secondary N) is 2. The molecule has 0 aliphatic carbocycles. The van der Waals surface area contributed by atoms with Crippen LogP contribution in [0.3, 0.4) is 0 Å². The first-order valence-electron chi connectivity index (χ1n) is 7.20. The van der Waals surface area contributed by atoms with E-state index in [1.807, 2.05) is 0 Å². The fourth-order valence-corrected chi connectivity index (χ4v) is 2.39. The molecule has 8 nitrogen and oxygen atoms in total. The van der Waals surface area contributed by atoms with Gasteiger partial charge in [0.25, 0.3) is 5.91 Å². The summed E-state index contributed by atoms with van der Waals surface area (Å²) in [4.78, 5) is 37.2. The number of hydrogen-bond donors (Lipinski definition) is 2. The van der Waals surface area contributed by atoms with E-state index in [-0.39, 0.29) is 24.1 Å². The Morgan fingerprint density at radius 3 is 2.91 bits per heavy atom. The van der Waals surface area contributed by atoms with Crippen LogP contribution in [-0.4, -0.2) is 46.0 Å². The van der Waals surface area contributed by atoms with E-state index < -0.39 is 11.3 Å². The number of likely N-dealkylation sites (tertiary alicyclic amines) is 1. The number of H-pyrrole nitrogens is 1. The minimum absolute atomic E-state index is 0.119. The van der Waals surface area contributed by atoms with Gasteiger partial charge in [0.15, 0.2) is 5.69 Å². The van der Waals surface area contributed by atoms with Gasteiger partial charge in [0.2, 0.25) is 11.3 Å². The van der Waals surface area contributed by atoms with Crippen molar-refractivity contribution >= 4 is 11.8 Å². The van der Waals surface area contributed by atoms with Crippen LogP contribution in [-0.2, 0) is 11.2 Å². The van der Waals surface area contributed by atoms with Crippen LogP contribution in [0.15, 0.2) is 33.7 Å². The summed E-state index contributed by atoms with van der Waals surface area (Å²) < 4.78 is 5.11. The zero-order valence-corrected chi connectivity index (χ0v) is 12.5. The number of aromatic amines is 1. The Morgan fingerprint density at radius 2 is 2.26 bits per heavy atom. The van der Waals surface area contributed by atoms with Gasteiger partial charge in [-0.2, -0.15) is 5.10 Å². The van der Waals surface area contributed by atoms with Crippen LogP contribution in [0.25, 0.3) is 0 Å². The molecule has 0 spiro atoms. The lowest BCUT2D eigenvalue weighted by molar-refractivity contribution is -0.122. The number of carbonyl (C=O) groups is 2. The maximum Gasteiger partial charge on any atom is 0.278 e. The second-order valence-electron chi connectivity index (χ2n) is 5.49. The largest absolute Gasteiger partial charge is 0.469 e. The van der Waals surface area contributed by atoms with Crippen LogP contribution in [0.4, 0.5) is 0 Å². The number of amides is 2. The second kappa shape index (κ2) is 6.07. The average molecular weight is 316 g/mol. The summed E-state index contributed by atoms with van der Waals surface area (Å²) in [6, 6.07) is 4.66. The van der Waals surface area contributed by atoms with Crippen molar-refractivity contribution in [2.24, 2.45) is 0 Å². The first-order chi connectivity index (χ1) is 11.0. The van der Waals surface area contributed by atoms with Crippen molar-refractivity contribution in [2.45, 2.75) is 19.4 Å². The third-order valence-corrected chi connectivity index (χ3v) is 3.58. The van der Waals surface area contributed by atoms with E-state index in [9.17, 15) is 14.4 Å². The molecular weight excluding hydrogens is 300 g/mol. The van der Waals surface area contributed by atoms with Crippen LogP contribution in [0.2, 0.25) is 0 Å². The molecule has 8 heteroatoms. The van der Waals surface area contributed by atoms with Crippen molar-refractivity contribution in [3.8, 4) is 0 Å². The molecule has 120 valence electrons. The van der Waals surface area contributed by atoms with E-state index in [0.717, 1.165) is 0 Å². The molecule has 1 fully saturated rings. The number of nitrogens with zero attached hydrogens (tertiary/aromatic N) is 2. The first-order valence-corrected chi connectivity index (χ1v) is 7.20. The van der Waals surface area contributed by atoms with Gasteiger partial charge in [-0.25, -0.2) is 0 Å². The molecule has 0 radical (unpaired) electrons. The molecule has 3 rings (SSSR count). The Balaban J connectivity index is 1.51. The summed E-state index contributed by atoms with van der Waals surface area (Å²) in [5.74, 6) is -0.00344. The summed E-state index contributed by atoms with van der Waals surface area (Å²) in [5.41, 5.74) is 0.0609. The van der Waals surface area contributed by atoms with Gasteiger partial charge in [-0.15, -0.1) is 0 Å². The summed E-state index contributed by atoms with van der Waals surface area (Å²) in [5, 5.41) is 9.22. The van der Waals surface area contributed by atoms with Crippen molar-refractivity contribution < 1.29 is 14.0 Å². The van der Waals surface area contributed by atoms with E-state index in [2.05, 4.69) is 15.5 Å². The van der Waals surface area contributed by atoms with Crippen LogP contribution < -0.4 is 10.7 Å². The van der Waals surface area contributed by atoms with Crippen molar-refractivity contribution in [3.63, 3.8) is 0 Å². The molecule has 0 unspecified atom stereocenters. The van der Waals surface area contributed by atoms with Gasteiger partial charge >= 0.3 is 0 Å². The highest BCUT2D eigenvalue weighted by atomic mass is 16.3. The molecule has 23 heavy (non-hydrogen) atoms. The average Bonchev–Trinajstić information content (AvgIpc) is 2.94. The van der Waals surface area contributed by atoms with Gasteiger partial charge < -0.3 is 14.6 Å². The number of aromatic nitrogens is 2. The topological polar surface area (TPSA) is 108 Å². The maximum atomic E-state index is 12.2. The van der Waals surface area contributed by atoms with Gasteiger partial charge in [0.1, 0.15) is 5.76 Å². The molecule has 1 aliphatic heterocycles. The molecule has 2 amide bonds. The highest BCUT2D eigenvalue weighted by Crippen LogP contribution is 2.11. The lowest BCUT2D eigenvalue weighted by atomic mass is 10.1. The molecule has 0 saturated carbocycles. The molecule has 1 saturated heterocycles. The van der Waals surface area contributed by atoms with Crippen molar-refractivity contribution in [1.29, 1.82) is 0 Å². The Labute approximate surface area is 131 Å². The lowest BCUT2D eigenvalue weighted by Crippen LogP contribution is -2.61. The predicted molar refractivity (Wildman–Crippen MR) is 79.8 cm³/mol. The standard InChI is InChI=1S/C15H16N4O4/c1-9-5-12(20)14(18-17-9)15(22)19-7-10(8-19)16-13(21)6-11-3-2-4-23-11/h2-5,10H,6-8H2,1H3,(H,16,21)(H,17,20). The van der Waals surface area contributed by atoms with Gasteiger partial charge in [-0.1, -0.05) is 0 Å². The SMILES string of the molecule is Cc1cc(=O)c(C(=O)N2CC(NC(=O)Cc3ccco3)C2)n[nH]1. The fourth-order valence-electron chi connectivity index (χ4n) is 2.39. The molecular formula is C15H16N4O4. The molecule has 2 N–H and O–H groups in total. The highest BCUT2D eigenvalue weighted by Gasteiger charge is 2.33. The third-order valence-electron chi connectivity index (χ3n) is 3.58. The summed E-state index contributed by atoms with van der Waals surface area (Å²) in [7, 11) is 0. The van der Waals surface area contributed by atoms with E-state index in [1.54, 1.807) is 19.1 Å². The zero-order chi connectivity index (χ0) is 16.4. The monoisotopic (exact) mass is 316 g/mol. The lowest BCUT2D eigenvalue weighted by Gasteiger charge is -2.39. The van der Waals surface area contributed by atoms with E-state index in [1.165, 1.54) is 17.2 Å². The number of carbonyl (C=O) groups excluding carboxylic acids is 2. The molecule has 3 heterocycles. The highest BCUT2D eigenvalue weighted by molar-refractivity contribution is 5.92. The second-order valence-corrected chi connectivity index (χ2v) is 5.49. The molecule has 0 aromatic carbocycles. The van der Waals surface area contributed by atoms with E-state index in [0.29, 0.717) is 24.5 Å². The first kappa shape index (κ1) is 15.0. The van der Waals surface area contributed by atoms with Gasteiger partial charge in [-0.3, -0.25) is 19.5 Å². The fraction of sp³-hybridized carbons (Fsp3) is 0.333. The van der Waals surface area contributed by atoms with Crippen LogP contribution in [0.5, 0.6) is 0 Å². The number of rotatable bonds is 4. The van der Waals surface area contributed by atoms with Crippen LogP contribution in [0.1, 0.15) is 21.9 Å². The normalized spacial score (nSPS) is 14.4. The quantitative estimate of drug-likeness (QED) is 0.816. The Kier molecular flexibility index (Phi) is 3.96. The molecule has 2 aromatic heterocycles. The zero-order valence-electron chi connectivity index (χ0n) is 12.5. The summed E-state index contributed by atoms with van der Waals surface area (Å²) >= 11 is 0. The Morgan fingerprint density at radius 1 is 1.48 bits per heavy atom. The van der Waals surface area contributed by atoms with Gasteiger partial charge in [0.05, 0.1) is 18.7 Å². The van der Waals surface area contributed by atoms with Gasteiger partial charge in [-0.05, 0) is 19.1 Å². The predicted octanol–water partition coefficient (Wildman–Crippen LogP) is -0.145. The van der Waals surface area contributed by atoms with Crippen molar-refractivity contribution in [3.05, 3.63) is 51.8 Å². The van der Waals surface area contributed by atoms with Gasteiger partial charge in [0, 0.05) is 24.8 Å². The molecule has 2 aromatic rings. The molecule has 0 atom stereocenters. The van der Waals surface area contributed by atoms with Crippen molar-refractivity contribution in [1.82, 2.24) is 20.4 Å². The Hall–Kier alpha value is -2.90. The minimum atomic E-state index is -0.428. The molecule has 1 aliphatic rings. The molecule has 0 bridgehead atoms. The maximum absolute atomic E-state index is 12.2. The Bertz CT molecular complexity index is 775. The van der Waals surface area contributed by atoms with Crippen molar-refractivity contribution in [2.75, 3.05) is 13.1 Å². The third kappa shape index (κ3) is 3.31. The summed E-state index contributed by atoms with van der Waals surface area (Å²) in [6.45, 7) is 2.41. The smallest absolute Gasteiger partial charge is 0.278 e. The van der Waals surface area contributed by atoms with Crippen LogP contribution >= 0.6 is 0 Å². The van der Waals surface area contributed by atoms with Crippen LogP contribution in [0, 0.1) is 6.92 Å². The minimum Gasteiger partial charge on any atom is -0.469 e. The number of hydrogen-bond acceptors (Lipinski definition) is 5. The number of furan rings is 1. The number of aryl methyl sites for hydroxylation is 1. The van der Waals surface area contributed by atoms with E-state index >= 15 is 0 Å². The summed E-state index contributed by atoms with van der Waals surface area (Å²) in [6.07, 6.45) is 1.68. The van der Waals surface area contributed by atoms with E-state index in [4.69, 9.17) is 4.42 Å².